The van der Waals surface area contributed by atoms with Crippen LogP contribution < -0.4 is 10.7 Å². The summed E-state index contributed by atoms with van der Waals surface area (Å²) in [5.74, 6) is -0.412. The van der Waals surface area contributed by atoms with Gasteiger partial charge in [0.1, 0.15) is 0 Å². The van der Waals surface area contributed by atoms with Gasteiger partial charge in [0, 0.05) is 22.6 Å². The van der Waals surface area contributed by atoms with Crippen LogP contribution in [0.5, 0.6) is 0 Å². The second-order valence-corrected chi connectivity index (χ2v) is 5.40. The summed E-state index contributed by atoms with van der Waals surface area (Å²) in [5.41, 5.74) is 5.66. The molecule has 0 atom stereocenters. The molecule has 6 nitrogen and oxygen atoms in total. The first kappa shape index (κ1) is 15.6. The van der Waals surface area contributed by atoms with Crippen molar-refractivity contribution in [1.29, 1.82) is 0 Å². The fraction of sp³-hybridized carbons (Fsp3) is 0.111. The summed E-state index contributed by atoms with van der Waals surface area (Å²) in [6.07, 6.45) is 1.43. The average molecular weight is 323 g/mol. The van der Waals surface area contributed by atoms with Gasteiger partial charge >= 0.3 is 0 Å². The highest BCUT2D eigenvalue weighted by molar-refractivity contribution is 6.04. The van der Waals surface area contributed by atoms with Gasteiger partial charge in [0.05, 0.1) is 6.26 Å². The molecule has 3 rings (SSSR count). The molecule has 0 saturated carbocycles. The van der Waals surface area contributed by atoms with Gasteiger partial charge in [-0.05, 0) is 56.3 Å². The number of aromatic nitrogens is 1. The fourth-order valence-electron chi connectivity index (χ4n) is 2.35. The first-order valence-corrected chi connectivity index (χ1v) is 7.46. The minimum absolute atomic E-state index is 0.212. The van der Waals surface area contributed by atoms with E-state index in [0.717, 1.165) is 11.4 Å². The van der Waals surface area contributed by atoms with Crippen molar-refractivity contribution in [2.45, 2.75) is 13.8 Å². The highest BCUT2D eigenvalue weighted by Gasteiger charge is 2.12. The minimum atomic E-state index is -0.366. The van der Waals surface area contributed by atoms with Crippen LogP contribution in [0.3, 0.4) is 0 Å². The summed E-state index contributed by atoms with van der Waals surface area (Å²) in [5, 5.41) is 2.70. The van der Waals surface area contributed by atoms with Crippen LogP contribution in [-0.4, -0.2) is 16.5 Å². The van der Waals surface area contributed by atoms with E-state index >= 15 is 0 Å². The quantitative estimate of drug-likeness (QED) is 0.773. The maximum Gasteiger partial charge on any atom is 0.291 e. The number of hydrogen-bond donors (Lipinski definition) is 2. The number of amides is 2. The van der Waals surface area contributed by atoms with Crippen LogP contribution in [0.25, 0.3) is 0 Å². The molecular weight excluding hydrogens is 306 g/mol. The summed E-state index contributed by atoms with van der Waals surface area (Å²) < 4.78 is 6.77. The molecule has 0 radical (unpaired) electrons. The number of benzene rings is 1. The third-order valence-corrected chi connectivity index (χ3v) is 3.61. The molecule has 3 aromatic rings. The minimum Gasteiger partial charge on any atom is -0.459 e. The van der Waals surface area contributed by atoms with Crippen LogP contribution in [-0.2, 0) is 0 Å². The lowest BCUT2D eigenvalue weighted by Crippen LogP contribution is -2.24. The van der Waals surface area contributed by atoms with E-state index in [4.69, 9.17) is 4.42 Å². The Morgan fingerprint density at radius 1 is 0.958 bits per heavy atom. The van der Waals surface area contributed by atoms with Gasteiger partial charge in [0.15, 0.2) is 5.76 Å². The van der Waals surface area contributed by atoms with E-state index in [0.29, 0.717) is 11.3 Å². The Balaban J connectivity index is 1.75. The Labute approximate surface area is 139 Å². The van der Waals surface area contributed by atoms with Crippen molar-refractivity contribution in [3.63, 3.8) is 0 Å². The lowest BCUT2D eigenvalue weighted by Gasteiger charge is -2.12. The molecule has 0 aliphatic carbocycles. The van der Waals surface area contributed by atoms with Crippen molar-refractivity contribution in [2.24, 2.45) is 0 Å². The molecule has 6 heteroatoms. The second-order valence-electron chi connectivity index (χ2n) is 5.40. The number of carbonyl (C=O) groups is 2. The molecule has 2 heterocycles. The number of aryl methyl sites for hydroxylation is 2. The van der Waals surface area contributed by atoms with E-state index in [2.05, 4.69) is 10.7 Å². The van der Waals surface area contributed by atoms with Crippen molar-refractivity contribution < 1.29 is 14.0 Å². The van der Waals surface area contributed by atoms with Crippen LogP contribution in [0.1, 0.15) is 32.3 Å². The average Bonchev–Trinajstić information content (AvgIpc) is 3.21. The van der Waals surface area contributed by atoms with Crippen LogP contribution in [0.2, 0.25) is 0 Å². The number of nitrogens with zero attached hydrogens (tertiary/aromatic N) is 1. The Kier molecular flexibility index (Phi) is 4.20. The Morgan fingerprint density at radius 3 is 2.38 bits per heavy atom. The van der Waals surface area contributed by atoms with Gasteiger partial charge in [-0.3, -0.25) is 19.7 Å². The first-order chi connectivity index (χ1) is 11.5. The van der Waals surface area contributed by atoms with Crippen molar-refractivity contribution >= 4 is 17.5 Å². The van der Waals surface area contributed by atoms with E-state index in [1.807, 2.05) is 26.0 Å². The van der Waals surface area contributed by atoms with Crippen molar-refractivity contribution in [1.82, 2.24) is 4.68 Å². The van der Waals surface area contributed by atoms with Crippen molar-refractivity contribution in [3.8, 4) is 0 Å². The highest BCUT2D eigenvalue weighted by atomic mass is 16.3. The highest BCUT2D eigenvalue weighted by Crippen LogP contribution is 2.14. The van der Waals surface area contributed by atoms with Crippen molar-refractivity contribution in [2.75, 3.05) is 10.7 Å². The topological polar surface area (TPSA) is 76.3 Å². The van der Waals surface area contributed by atoms with E-state index in [9.17, 15) is 9.59 Å². The molecule has 0 aliphatic heterocycles. The van der Waals surface area contributed by atoms with Gasteiger partial charge in [-0.1, -0.05) is 6.07 Å². The first-order valence-electron chi connectivity index (χ1n) is 7.46. The standard InChI is InChI=1S/C18H17N3O3/c1-12-8-9-13(2)21(12)20-17(22)14-5-3-6-15(11-14)19-18(23)16-7-4-10-24-16/h3-11H,1-2H3,(H,19,23)(H,20,22). The van der Waals surface area contributed by atoms with Gasteiger partial charge in [0.2, 0.25) is 0 Å². The molecule has 0 bridgehead atoms. The molecule has 0 spiro atoms. The van der Waals surface area contributed by atoms with Gasteiger partial charge in [0.25, 0.3) is 11.8 Å². The Morgan fingerprint density at radius 2 is 1.71 bits per heavy atom. The maximum absolute atomic E-state index is 12.4. The zero-order valence-corrected chi connectivity index (χ0v) is 13.4. The molecule has 0 unspecified atom stereocenters. The smallest absolute Gasteiger partial charge is 0.291 e. The van der Waals surface area contributed by atoms with Crippen LogP contribution in [0.15, 0.2) is 59.2 Å². The molecule has 2 N–H and O–H groups in total. The zero-order chi connectivity index (χ0) is 17.1. The van der Waals surface area contributed by atoms with E-state index in [-0.39, 0.29) is 17.6 Å². The lowest BCUT2D eigenvalue weighted by atomic mass is 10.2. The lowest BCUT2D eigenvalue weighted by molar-refractivity contribution is 0.0990. The number of furan rings is 1. The summed E-state index contributed by atoms with van der Waals surface area (Å²) in [4.78, 5) is 24.4. The summed E-state index contributed by atoms with van der Waals surface area (Å²) in [6, 6.07) is 13.8. The van der Waals surface area contributed by atoms with E-state index in [1.165, 1.54) is 6.26 Å². The molecule has 2 aromatic heterocycles. The number of hydrogen-bond acceptors (Lipinski definition) is 3. The van der Waals surface area contributed by atoms with E-state index in [1.54, 1.807) is 41.1 Å². The van der Waals surface area contributed by atoms with Crippen LogP contribution in [0.4, 0.5) is 5.69 Å². The largest absolute Gasteiger partial charge is 0.459 e. The molecular formula is C18H17N3O3. The monoisotopic (exact) mass is 323 g/mol. The number of rotatable bonds is 4. The van der Waals surface area contributed by atoms with Gasteiger partial charge in [-0.15, -0.1) is 0 Å². The number of carbonyl (C=O) groups excluding carboxylic acids is 2. The van der Waals surface area contributed by atoms with Gasteiger partial charge < -0.3 is 9.73 Å². The summed E-state index contributed by atoms with van der Waals surface area (Å²) in [7, 11) is 0. The number of anilines is 1. The molecule has 0 aliphatic rings. The number of nitrogens with one attached hydrogen (secondary N) is 2. The molecule has 122 valence electrons. The molecule has 2 amide bonds. The molecule has 1 aromatic carbocycles. The fourth-order valence-corrected chi connectivity index (χ4v) is 2.35. The zero-order valence-electron chi connectivity index (χ0n) is 13.4. The molecule has 0 saturated heterocycles. The van der Waals surface area contributed by atoms with Gasteiger partial charge in [-0.2, -0.15) is 0 Å². The molecule has 0 fully saturated rings. The van der Waals surface area contributed by atoms with Crippen LogP contribution >= 0.6 is 0 Å². The summed E-state index contributed by atoms with van der Waals surface area (Å²) in [6.45, 7) is 3.82. The molecule has 24 heavy (non-hydrogen) atoms. The Bertz CT molecular complexity index is 859. The summed E-state index contributed by atoms with van der Waals surface area (Å²) >= 11 is 0. The van der Waals surface area contributed by atoms with Crippen molar-refractivity contribution in [3.05, 3.63) is 77.5 Å². The second kappa shape index (κ2) is 6.45. The predicted octanol–water partition coefficient (Wildman–Crippen LogP) is 3.33. The SMILES string of the molecule is Cc1ccc(C)n1NC(=O)c1cccc(NC(=O)c2ccco2)c1. The van der Waals surface area contributed by atoms with Crippen LogP contribution in [0, 0.1) is 13.8 Å². The third kappa shape index (κ3) is 3.22. The maximum atomic E-state index is 12.4. The van der Waals surface area contributed by atoms with Gasteiger partial charge in [-0.25, -0.2) is 0 Å². The van der Waals surface area contributed by atoms with E-state index < -0.39 is 0 Å². The third-order valence-electron chi connectivity index (χ3n) is 3.61. The Hall–Kier alpha value is -3.28. The predicted molar refractivity (Wildman–Crippen MR) is 90.7 cm³/mol. The normalized spacial score (nSPS) is 10.4.